The van der Waals surface area contributed by atoms with Crippen LogP contribution in [0.2, 0.25) is 0 Å². The molecule has 170 valence electrons. The molecule has 0 amide bonds. The molecular formula is C29H32N2O2. The van der Waals surface area contributed by atoms with Gasteiger partial charge in [-0.1, -0.05) is 73.7 Å². The smallest absolute Gasteiger partial charge is 0.120 e. The zero-order chi connectivity index (χ0) is 23.1. The molecule has 1 N–H and O–H groups in total. The third kappa shape index (κ3) is 5.45. The number of rotatable bonds is 8. The molecule has 3 aromatic rings. The van der Waals surface area contributed by atoms with Crippen LogP contribution in [0.5, 0.6) is 5.75 Å². The molecule has 4 rings (SSSR count). The van der Waals surface area contributed by atoms with Crippen molar-refractivity contribution in [2.24, 2.45) is 11.8 Å². The lowest BCUT2D eigenvalue weighted by Crippen LogP contribution is -2.45. The highest BCUT2D eigenvalue weighted by Gasteiger charge is 2.41. The van der Waals surface area contributed by atoms with Crippen LogP contribution in [0.25, 0.3) is 0 Å². The number of nitrogens with zero attached hydrogens (tertiary/aromatic N) is 2. The lowest BCUT2D eigenvalue weighted by atomic mass is 9.72. The lowest BCUT2D eigenvalue weighted by molar-refractivity contribution is -0.0164. The molecule has 1 aliphatic heterocycles. The number of benzene rings is 3. The van der Waals surface area contributed by atoms with E-state index in [4.69, 9.17) is 10.00 Å². The van der Waals surface area contributed by atoms with Crippen molar-refractivity contribution >= 4 is 0 Å². The van der Waals surface area contributed by atoms with Crippen LogP contribution in [0.15, 0.2) is 84.9 Å². The average Bonchev–Trinajstić information content (AvgIpc) is 2.88. The largest absolute Gasteiger partial charge is 0.493 e. The van der Waals surface area contributed by atoms with Gasteiger partial charge in [-0.15, -0.1) is 0 Å². The molecule has 4 nitrogen and oxygen atoms in total. The normalized spacial score (nSPS) is 16.2. The molecule has 1 saturated heterocycles. The zero-order valence-electron chi connectivity index (χ0n) is 19.2. The van der Waals surface area contributed by atoms with E-state index in [1.807, 2.05) is 72.8 Å². The van der Waals surface area contributed by atoms with E-state index in [0.717, 1.165) is 49.4 Å². The van der Waals surface area contributed by atoms with E-state index >= 15 is 0 Å². The van der Waals surface area contributed by atoms with Gasteiger partial charge in [0.25, 0.3) is 0 Å². The number of piperidine rings is 1. The summed E-state index contributed by atoms with van der Waals surface area (Å²) in [6, 6.07) is 29.7. The molecule has 3 aromatic carbocycles. The predicted octanol–water partition coefficient (Wildman–Crippen LogP) is 5.22. The first-order chi connectivity index (χ1) is 16.1. The molecule has 0 aliphatic carbocycles. The summed E-state index contributed by atoms with van der Waals surface area (Å²) in [6.07, 6.45) is 1.89. The Bertz CT molecular complexity index is 1010. The number of hydrogen-bond acceptors (Lipinski definition) is 4. The molecule has 1 atom stereocenters. The van der Waals surface area contributed by atoms with Crippen LogP contribution in [0.1, 0.15) is 36.5 Å². The molecule has 0 aromatic heterocycles. The van der Waals surface area contributed by atoms with Crippen molar-refractivity contribution in [2.45, 2.75) is 25.4 Å². The first-order valence-electron chi connectivity index (χ1n) is 11.8. The van der Waals surface area contributed by atoms with Crippen molar-refractivity contribution in [1.82, 2.24) is 4.90 Å². The van der Waals surface area contributed by atoms with Crippen molar-refractivity contribution in [2.75, 3.05) is 26.2 Å². The van der Waals surface area contributed by atoms with Gasteiger partial charge in [-0.2, -0.15) is 5.26 Å². The molecule has 0 radical (unpaired) electrons. The van der Waals surface area contributed by atoms with Gasteiger partial charge >= 0.3 is 0 Å². The Morgan fingerprint density at radius 3 is 2.15 bits per heavy atom. The van der Waals surface area contributed by atoms with Crippen molar-refractivity contribution in [3.05, 3.63) is 102 Å². The number of hydrogen-bond donors (Lipinski definition) is 1. The summed E-state index contributed by atoms with van der Waals surface area (Å²) in [5.74, 6) is 1.28. The summed E-state index contributed by atoms with van der Waals surface area (Å²) in [4.78, 5) is 2.48. The summed E-state index contributed by atoms with van der Waals surface area (Å²) in [5.41, 5.74) is 1.58. The van der Waals surface area contributed by atoms with Gasteiger partial charge in [0, 0.05) is 12.5 Å². The minimum Gasteiger partial charge on any atom is -0.493 e. The Hall–Kier alpha value is -3.13. The van der Waals surface area contributed by atoms with E-state index in [-0.39, 0.29) is 5.92 Å². The Balaban J connectivity index is 1.36. The SMILES string of the molecule is CC(COc1cccc(C#N)c1)CN1CCC(C(O)(c2ccccc2)c2ccccc2)CC1. The van der Waals surface area contributed by atoms with E-state index in [2.05, 4.69) is 17.9 Å². The van der Waals surface area contributed by atoms with Gasteiger partial charge in [0.1, 0.15) is 11.4 Å². The molecule has 0 saturated carbocycles. The highest BCUT2D eigenvalue weighted by Crippen LogP contribution is 2.41. The topological polar surface area (TPSA) is 56.5 Å². The predicted molar refractivity (Wildman–Crippen MR) is 131 cm³/mol. The Kier molecular flexibility index (Phi) is 7.44. The van der Waals surface area contributed by atoms with Crippen LogP contribution < -0.4 is 4.74 Å². The fourth-order valence-corrected chi connectivity index (χ4v) is 4.94. The summed E-state index contributed by atoms with van der Waals surface area (Å²) < 4.78 is 5.93. The Morgan fingerprint density at radius 2 is 1.58 bits per heavy atom. The van der Waals surface area contributed by atoms with Gasteiger partial charge < -0.3 is 14.7 Å². The van der Waals surface area contributed by atoms with Gasteiger partial charge in [-0.05, 0) is 61.2 Å². The van der Waals surface area contributed by atoms with Gasteiger partial charge in [0.05, 0.1) is 18.2 Å². The second-order valence-corrected chi connectivity index (χ2v) is 9.13. The Labute approximate surface area is 197 Å². The van der Waals surface area contributed by atoms with Gasteiger partial charge in [0.15, 0.2) is 0 Å². The Morgan fingerprint density at radius 1 is 0.970 bits per heavy atom. The molecular weight excluding hydrogens is 408 g/mol. The van der Waals surface area contributed by atoms with Crippen LogP contribution in [0.4, 0.5) is 0 Å². The first kappa shape index (κ1) is 23.0. The third-order valence-corrected chi connectivity index (χ3v) is 6.67. The summed E-state index contributed by atoms with van der Waals surface area (Å²) in [7, 11) is 0. The van der Waals surface area contributed by atoms with Crippen molar-refractivity contribution in [1.29, 1.82) is 5.26 Å². The number of nitriles is 1. The molecule has 1 unspecified atom stereocenters. The molecule has 0 bridgehead atoms. The van der Waals surface area contributed by atoms with Gasteiger partial charge in [-0.3, -0.25) is 0 Å². The summed E-state index contributed by atoms with van der Waals surface area (Å²) in [5, 5.41) is 21.1. The molecule has 0 spiro atoms. The quantitative estimate of drug-likeness (QED) is 0.522. The van der Waals surface area contributed by atoms with E-state index < -0.39 is 5.60 Å². The van der Waals surface area contributed by atoms with Crippen LogP contribution in [0, 0.1) is 23.2 Å². The van der Waals surface area contributed by atoms with E-state index in [1.54, 1.807) is 12.1 Å². The van der Waals surface area contributed by atoms with Crippen molar-refractivity contribution < 1.29 is 9.84 Å². The fraction of sp³-hybridized carbons (Fsp3) is 0.345. The monoisotopic (exact) mass is 440 g/mol. The van der Waals surface area contributed by atoms with E-state index in [0.29, 0.717) is 18.1 Å². The van der Waals surface area contributed by atoms with Crippen molar-refractivity contribution in [3.63, 3.8) is 0 Å². The second kappa shape index (κ2) is 10.7. The van der Waals surface area contributed by atoms with Gasteiger partial charge in [0.2, 0.25) is 0 Å². The van der Waals surface area contributed by atoms with Crippen LogP contribution in [-0.4, -0.2) is 36.2 Å². The van der Waals surface area contributed by atoms with Crippen LogP contribution >= 0.6 is 0 Å². The molecule has 33 heavy (non-hydrogen) atoms. The maximum absolute atomic E-state index is 12.0. The summed E-state index contributed by atoms with van der Waals surface area (Å²) >= 11 is 0. The highest BCUT2D eigenvalue weighted by atomic mass is 16.5. The number of aliphatic hydroxyl groups is 1. The second-order valence-electron chi connectivity index (χ2n) is 9.13. The number of ether oxygens (including phenoxy) is 1. The third-order valence-electron chi connectivity index (χ3n) is 6.67. The molecule has 1 fully saturated rings. The van der Waals surface area contributed by atoms with E-state index in [9.17, 15) is 5.11 Å². The summed E-state index contributed by atoms with van der Waals surface area (Å²) in [6.45, 7) is 5.69. The van der Waals surface area contributed by atoms with E-state index in [1.165, 1.54) is 0 Å². The molecule has 4 heteroatoms. The minimum absolute atomic E-state index is 0.166. The average molecular weight is 441 g/mol. The standard InChI is InChI=1S/C29H32N2O2/c1-23(22-33-28-14-8-9-24(19-28)20-30)21-31-17-15-27(16-18-31)29(32,25-10-4-2-5-11-25)26-12-6-3-7-13-26/h2-14,19,23,27,32H,15-18,21-22H2,1H3. The maximum Gasteiger partial charge on any atom is 0.120 e. The fourth-order valence-electron chi connectivity index (χ4n) is 4.94. The molecule has 1 heterocycles. The van der Waals surface area contributed by atoms with Gasteiger partial charge in [-0.25, -0.2) is 0 Å². The first-order valence-corrected chi connectivity index (χ1v) is 11.8. The molecule has 1 aliphatic rings. The maximum atomic E-state index is 12.0. The lowest BCUT2D eigenvalue weighted by Gasteiger charge is -2.42. The number of likely N-dealkylation sites (tertiary alicyclic amines) is 1. The van der Waals surface area contributed by atoms with Crippen LogP contribution in [0.3, 0.4) is 0 Å². The highest BCUT2D eigenvalue weighted by molar-refractivity contribution is 5.37. The minimum atomic E-state index is -0.977. The zero-order valence-corrected chi connectivity index (χ0v) is 19.2. The van der Waals surface area contributed by atoms with Crippen LogP contribution in [-0.2, 0) is 5.60 Å². The van der Waals surface area contributed by atoms with Crippen molar-refractivity contribution in [3.8, 4) is 11.8 Å².